The van der Waals surface area contributed by atoms with Crippen LogP contribution >= 0.6 is 11.8 Å². The fraction of sp³-hybridized carbons (Fsp3) is 1.00. The number of aliphatic hydroxyl groups excluding tert-OH is 1. The Labute approximate surface area is 122 Å². The van der Waals surface area contributed by atoms with Gasteiger partial charge in [0.05, 0.1) is 12.2 Å². The average Bonchev–Trinajstić information content (AvgIpc) is 2.39. The van der Waals surface area contributed by atoms with Crippen molar-refractivity contribution in [3.63, 3.8) is 0 Å². The Morgan fingerprint density at radius 2 is 2.05 bits per heavy atom. The molecule has 1 aliphatic heterocycles. The molecule has 0 aromatic carbocycles. The van der Waals surface area contributed by atoms with Crippen LogP contribution in [-0.2, 0) is 4.74 Å². The van der Waals surface area contributed by atoms with Crippen molar-refractivity contribution < 1.29 is 9.84 Å². The Hall–Kier alpha value is 0.230. The molecule has 2 aliphatic rings. The van der Waals surface area contributed by atoms with Gasteiger partial charge in [-0.25, -0.2) is 0 Å². The molecule has 0 aromatic rings. The first-order valence-corrected chi connectivity index (χ1v) is 8.77. The Morgan fingerprint density at radius 1 is 1.37 bits per heavy atom. The van der Waals surface area contributed by atoms with Crippen molar-refractivity contribution in [1.82, 2.24) is 4.90 Å². The molecule has 112 valence electrons. The second-order valence-corrected chi connectivity index (χ2v) is 7.87. The molecule has 0 radical (unpaired) electrons. The summed E-state index contributed by atoms with van der Waals surface area (Å²) in [6.45, 7) is 10.8. The molecule has 2 atom stereocenters. The molecule has 1 spiro atoms. The molecule has 2 fully saturated rings. The van der Waals surface area contributed by atoms with Crippen LogP contribution in [0.5, 0.6) is 0 Å². The fourth-order valence-electron chi connectivity index (χ4n) is 3.43. The highest BCUT2D eigenvalue weighted by atomic mass is 32.2. The van der Waals surface area contributed by atoms with Crippen molar-refractivity contribution in [1.29, 1.82) is 0 Å². The number of ether oxygens (including phenoxy) is 1. The number of likely N-dealkylation sites (tertiary alicyclic amines) is 1. The summed E-state index contributed by atoms with van der Waals surface area (Å²) in [6, 6.07) is 0. The van der Waals surface area contributed by atoms with Crippen LogP contribution in [-0.4, -0.2) is 59.5 Å². The Kier molecular flexibility index (Phi) is 5.58. The maximum atomic E-state index is 10.2. The molecule has 1 saturated carbocycles. The van der Waals surface area contributed by atoms with Crippen LogP contribution in [0.3, 0.4) is 0 Å². The molecule has 0 aromatic heterocycles. The van der Waals surface area contributed by atoms with E-state index in [-0.39, 0.29) is 11.5 Å². The van der Waals surface area contributed by atoms with Crippen LogP contribution < -0.4 is 0 Å². The topological polar surface area (TPSA) is 32.7 Å². The minimum absolute atomic E-state index is 0.0811. The quantitative estimate of drug-likeness (QED) is 0.813. The van der Waals surface area contributed by atoms with E-state index < -0.39 is 0 Å². The second kappa shape index (κ2) is 6.79. The van der Waals surface area contributed by atoms with Crippen molar-refractivity contribution in [2.24, 2.45) is 5.41 Å². The van der Waals surface area contributed by atoms with Gasteiger partial charge in [-0.2, -0.15) is 11.8 Å². The number of nitrogens with zero attached hydrogens (tertiary/aromatic N) is 1. The third kappa shape index (κ3) is 3.46. The van der Waals surface area contributed by atoms with Gasteiger partial charge in [0.15, 0.2) is 0 Å². The largest absolute Gasteiger partial charge is 0.392 e. The van der Waals surface area contributed by atoms with Gasteiger partial charge < -0.3 is 14.7 Å². The van der Waals surface area contributed by atoms with Crippen LogP contribution in [0.15, 0.2) is 0 Å². The van der Waals surface area contributed by atoms with Crippen LogP contribution in [0, 0.1) is 5.41 Å². The van der Waals surface area contributed by atoms with E-state index in [1.165, 1.54) is 12.3 Å². The van der Waals surface area contributed by atoms with E-state index in [1.807, 2.05) is 11.8 Å². The molecule has 0 amide bonds. The monoisotopic (exact) mass is 287 g/mol. The highest BCUT2D eigenvalue weighted by molar-refractivity contribution is 7.99. The summed E-state index contributed by atoms with van der Waals surface area (Å²) in [5.41, 5.74) is 0.0811. The van der Waals surface area contributed by atoms with Crippen molar-refractivity contribution in [3.8, 4) is 0 Å². The van der Waals surface area contributed by atoms with E-state index in [9.17, 15) is 5.11 Å². The molecule has 1 saturated heterocycles. The molecular weight excluding hydrogens is 258 g/mol. The van der Waals surface area contributed by atoms with Gasteiger partial charge in [0.2, 0.25) is 0 Å². The van der Waals surface area contributed by atoms with Crippen LogP contribution in [0.4, 0.5) is 0 Å². The van der Waals surface area contributed by atoms with Gasteiger partial charge in [0.25, 0.3) is 0 Å². The van der Waals surface area contributed by atoms with Crippen LogP contribution in [0.2, 0.25) is 0 Å². The number of rotatable bonds is 6. The van der Waals surface area contributed by atoms with Gasteiger partial charge in [-0.1, -0.05) is 13.8 Å². The third-order valence-corrected chi connectivity index (χ3v) is 5.84. The molecule has 0 unspecified atom stereocenters. The van der Waals surface area contributed by atoms with Gasteiger partial charge in [0.1, 0.15) is 0 Å². The Bertz CT molecular complexity index is 275. The molecule has 0 bridgehead atoms. The van der Waals surface area contributed by atoms with Gasteiger partial charge in [-0.15, -0.1) is 0 Å². The third-order valence-electron chi connectivity index (χ3n) is 4.76. The zero-order chi connectivity index (χ0) is 13.9. The Balaban J connectivity index is 1.75. The van der Waals surface area contributed by atoms with Crippen molar-refractivity contribution >= 4 is 11.8 Å². The lowest BCUT2D eigenvalue weighted by Gasteiger charge is -2.56. The van der Waals surface area contributed by atoms with Gasteiger partial charge in [0, 0.05) is 30.7 Å². The predicted octanol–water partition coefficient (Wildman–Crippen LogP) is 2.38. The summed E-state index contributed by atoms with van der Waals surface area (Å²) in [6.07, 6.45) is 3.23. The van der Waals surface area contributed by atoms with E-state index in [2.05, 4.69) is 25.7 Å². The standard InChI is InChI=1S/C15H29NO2S/c1-4-18-14-11-13(17)15(14)5-7-16(8-6-15)9-10-19-12(2)3/h12-14,17H,4-11H2,1-3H3/t13-,14-/m1/s1. The average molecular weight is 287 g/mol. The lowest BCUT2D eigenvalue weighted by atomic mass is 9.58. The number of thioether (sulfide) groups is 1. The maximum Gasteiger partial charge on any atom is 0.0681 e. The molecule has 2 rings (SSSR count). The van der Waals surface area contributed by atoms with Crippen molar-refractivity contribution in [2.45, 2.75) is 57.5 Å². The lowest BCUT2D eigenvalue weighted by molar-refractivity contribution is -0.209. The van der Waals surface area contributed by atoms with Crippen molar-refractivity contribution in [2.75, 3.05) is 32.0 Å². The van der Waals surface area contributed by atoms with Crippen LogP contribution in [0.1, 0.15) is 40.0 Å². The smallest absolute Gasteiger partial charge is 0.0681 e. The first-order valence-electron chi connectivity index (χ1n) is 7.72. The SMILES string of the molecule is CCO[C@@H]1C[C@@H](O)C12CCN(CCSC(C)C)CC2. The molecule has 1 heterocycles. The minimum atomic E-state index is -0.128. The van der Waals surface area contributed by atoms with Crippen LogP contribution in [0.25, 0.3) is 0 Å². The highest BCUT2D eigenvalue weighted by Gasteiger charge is 2.55. The van der Waals surface area contributed by atoms with Gasteiger partial charge in [-0.05, 0) is 38.1 Å². The highest BCUT2D eigenvalue weighted by Crippen LogP contribution is 2.50. The first kappa shape index (κ1) is 15.6. The Morgan fingerprint density at radius 3 is 2.58 bits per heavy atom. The zero-order valence-electron chi connectivity index (χ0n) is 12.6. The van der Waals surface area contributed by atoms with E-state index in [1.54, 1.807) is 0 Å². The minimum Gasteiger partial charge on any atom is -0.392 e. The molecular formula is C15H29NO2S. The summed E-state index contributed by atoms with van der Waals surface area (Å²) >= 11 is 2.04. The number of hydrogen-bond donors (Lipinski definition) is 1. The number of piperidine rings is 1. The van der Waals surface area contributed by atoms with Gasteiger partial charge in [-0.3, -0.25) is 0 Å². The maximum absolute atomic E-state index is 10.2. The molecule has 19 heavy (non-hydrogen) atoms. The molecule has 4 heteroatoms. The molecule has 1 aliphatic carbocycles. The second-order valence-electron chi connectivity index (χ2n) is 6.19. The molecule has 3 nitrogen and oxygen atoms in total. The summed E-state index contributed by atoms with van der Waals surface area (Å²) < 4.78 is 5.81. The fourth-order valence-corrected chi connectivity index (χ4v) is 4.26. The van der Waals surface area contributed by atoms with E-state index in [4.69, 9.17) is 4.74 Å². The summed E-state index contributed by atoms with van der Waals surface area (Å²) in [5.74, 6) is 1.22. The van der Waals surface area contributed by atoms with E-state index in [0.717, 1.165) is 44.2 Å². The summed E-state index contributed by atoms with van der Waals surface area (Å²) in [4.78, 5) is 2.55. The van der Waals surface area contributed by atoms with Crippen molar-refractivity contribution in [3.05, 3.63) is 0 Å². The predicted molar refractivity (Wildman–Crippen MR) is 81.7 cm³/mol. The van der Waals surface area contributed by atoms with E-state index in [0.29, 0.717) is 6.10 Å². The first-order chi connectivity index (χ1) is 9.08. The summed E-state index contributed by atoms with van der Waals surface area (Å²) in [5, 5.41) is 10.9. The number of aliphatic hydroxyl groups is 1. The number of hydrogen-bond acceptors (Lipinski definition) is 4. The van der Waals surface area contributed by atoms with E-state index >= 15 is 0 Å². The van der Waals surface area contributed by atoms with Gasteiger partial charge >= 0.3 is 0 Å². The summed E-state index contributed by atoms with van der Waals surface area (Å²) in [7, 11) is 0. The lowest BCUT2D eigenvalue weighted by Crippen LogP contribution is -2.62. The molecule has 1 N–H and O–H groups in total. The normalized spacial score (nSPS) is 30.8. The zero-order valence-corrected chi connectivity index (χ0v) is 13.4.